The molecule has 2 rings (SSSR count). The number of nitrogens with one attached hydrogen (secondary N) is 1. The van der Waals surface area contributed by atoms with Gasteiger partial charge in [-0.2, -0.15) is 0 Å². The van der Waals surface area contributed by atoms with Crippen molar-refractivity contribution in [2.45, 2.75) is 13.2 Å². The quantitative estimate of drug-likeness (QED) is 0.804. The second-order valence-electron chi connectivity index (χ2n) is 3.84. The summed E-state index contributed by atoms with van der Waals surface area (Å²) < 4.78 is 5.49. The van der Waals surface area contributed by atoms with E-state index in [1.807, 2.05) is 20.0 Å². The third-order valence-corrected chi connectivity index (χ3v) is 2.45. The predicted molar refractivity (Wildman–Crippen MR) is 68.3 cm³/mol. The highest BCUT2D eigenvalue weighted by atomic mass is 16.5. The lowest BCUT2D eigenvalue weighted by Gasteiger charge is -2.12. The molecular weight excluding hydrogens is 230 g/mol. The van der Waals surface area contributed by atoms with Crippen molar-refractivity contribution >= 4 is 0 Å². The highest BCUT2D eigenvalue weighted by Gasteiger charge is 2.04. The number of hydrogen-bond donors (Lipinski definition) is 2. The maximum absolute atomic E-state index is 9.39. The zero-order valence-electron chi connectivity index (χ0n) is 10.3. The monoisotopic (exact) mass is 245 g/mol. The normalized spacial score (nSPS) is 12.1. The molecule has 2 aromatic rings. The molecule has 1 aromatic carbocycles. The van der Waals surface area contributed by atoms with Gasteiger partial charge in [0.1, 0.15) is 12.0 Å². The van der Waals surface area contributed by atoms with Crippen molar-refractivity contribution < 1.29 is 9.84 Å². The minimum absolute atomic E-state index is 0.0970. The first-order valence-corrected chi connectivity index (χ1v) is 5.64. The molecule has 0 bridgehead atoms. The van der Waals surface area contributed by atoms with Crippen LogP contribution in [0.25, 0.3) is 11.4 Å². The lowest BCUT2D eigenvalue weighted by molar-refractivity contribution is 0.192. The Bertz CT molecular complexity index is 514. The van der Waals surface area contributed by atoms with Crippen LogP contribution in [0.5, 0.6) is 11.5 Å². The third-order valence-electron chi connectivity index (χ3n) is 2.45. The Balaban J connectivity index is 2.17. The predicted octanol–water partition coefficient (Wildman–Crippen LogP) is 1.79. The van der Waals surface area contributed by atoms with Gasteiger partial charge in [0.05, 0.1) is 12.4 Å². The first-order valence-electron chi connectivity index (χ1n) is 5.64. The maximum atomic E-state index is 9.39. The largest absolute Gasteiger partial charge is 0.508 e. The van der Waals surface area contributed by atoms with Gasteiger partial charge in [0, 0.05) is 5.56 Å². The number of phenols is 1. The van der Waals surface area contributed by atoms with Gasteiger partial charge in [-0.25, -0.2) is 9.97 Å². The van der Waals surface area contributed by atoms with Gasteiger partial charge in [-0.3, -0.25) is 5.32 Å². The van der Waals surface area contributed by atoms with Crippen LogP contribution in [0.4, 0.5) is 0 Å². The molecule has 0 aliphatic heterocycles. The van der Waals surface area contributed by atoms with Crippen molar-refractivity contribution in [2.24, 2.45) is 0 Å². The van der Waals surface area contributed by atoms with Crippen LogP contribution in [0.1, 0.15) is 6.92 Å². The zero-order valence-corrected chi connectivity index (χ0v) is 10.3. The lowest BCUT2D eigenvalue weighted by Crippen LogP contribution is -2.27. The van der Waals surface area contributed by atoms with Crippen LogP contribution in [0.3, 0.4) is 0 Å². The SMILES string of the molecule is CNC(C)Oc1cnc(-c2cccc(O)c2)nc1. The molecule has 0 spiro atoms. The summed E-state index contributed by atoms with van der Waals surface area (Å²) >= 11 is 0. The molecule has 0 radical (unpaired) electrons. The van der Waals surface area contributed by atoms with Gasteiger partial charge in [-0.15, -0.1) is 0 Å². The summed E-state index contributed by atoms with van der Waals surface area (Å²) in [5, 5.41) is 12.3. The van der Waals surface area contributed by atoms with Crippen LogP contribution >= 0.6 is 0 Å². The van der Waals surface area contributed by atoms with Crippen molar-refractivity contribution in [1.82, 2.24) is 15.3 Å². The molecule has 5 heteroatoms. The second kappa shape index (κ2) is 5.46. The summed E-state index contributed by atoms with van der Waals surface area (Å²) in [6.07, 6.45) is 3.13. The van der Waals surface area contributed by atoms with Crippen LogP contribution in [0, 0.1) is 0 Å². The van der Waals surface area contributed by atoms with Crippen molar-refractivity contribution in [2.75, 3.05) is 7.05 Å². The number of nitrogens with zero attached hydrogens (tertiary/aromatic N) is 2. The molecule has 0 aliphatic carbocycles. The summed E-state index contributed by atoms with van der Waals surface area (Å²) in [7, 11) is 1.81. The third kappa shape index (κ3) is 2.95. The molecule has 18 heavy (non-hydrogen) atoms. The van der Waals surface area contributed by atoms with Crippen LogP contribution < -0.4 is 10.1 Å². The Morgan fingerprint density at radius 3 is 2.61 bits per heavy atom. The van der Waals surface area contributed by atoms with Gasteiger partial charge in [-0.05, 0) is 26.1 Å². The van der Waals surface area contributed by atoms with Crippen LogP contribution in [-0.4, -0.2) is 28.4 Å². The number of benzene rings is 1. The molecule has 1 heterocycles. The van der Waals surface area contributed by atoms with Gasteiger partial charge in [0.15, 0.2) is 11.6 Å². The zero-order chi connectivity index (χ0) is 13.0. The summed E-state index contributed by atoms with van der Waals surface area (Å²) in [5.74, 6) is 1.34. The Labute approximate surface area is 105 Å². The molecule has 5 nitrogen and oxygen atoms in total. The van der Waals surface area contributed by atoms with Gasteiger partial charge in [0.2, 0.25) is 0 Å². The Morgan fingerprint density at radius 1 is 1.28 bits per heavy atom. The average Bonchev–Trinajstić information content (AvgIpc) is 2.39. The van der Waals surface area contributed by atoms with E-state index in [2.05, 4.69) is 15.3 Å². The summed E-state index contributed by atoms with van der Waals surface area (Å²) in [5.41, 5.74) is 0.767. The number of aromatic nitrogens is 2. The highest BCUT2D eigenvalue weighted by Crippen LogP contribution is 2.20. The standard InChI is InChI=1S/C13H15N3O2/c1-9(14-2)18-12-7-15-13(16-8-12)10-4-3-5-11(17)6-10/h3-9,14,17H,1-2H3. The van der Waals surface area contributed by atoms with E-state index >= 15 is 0 Å². The summed E-state index contributed by atoms with van der Waals surface area (Å²) in [6.45, 7) is 1.89. The van der Waals surface area contributed by atoms with Crippen molar-refractivity contribution in [3.8, 4) is 22.9 Å². The Morgan fingerprint density at radius 2 is 2.00 bits per heavy atom. The fraction of sp³-hybridized carbons (Fsp3) is 0.231. The van der Waals surface area contributed by atoms with Gasteiger partial charge < -0.3 is 9.84 Å². The van der Waals surface area contributed by atoms with E-state index in [1.165, 1.54) is 0 Å². The molecule has 0 aliphatic rings. The van der Waals surface area contributed by atoms with E-state index < -0.39 is 0 Å². The molecule has 1 atom stereocenters. The van der Waals surface area contributed by atoms with E-state index in [0.717, 1.165) is 5.56 Å². The van der Waals surface area contributed by atoms with E-state index in [4.69, 9.17) is 4.74 Å². The molecule has 0 saturated carbocycles. The number of hydrogen-bond acceptors (Lipinski definition) is 5. The number of ether oxygens (including phenoxy) is 1. The Hall–Kier alpha value is -2.14. The summed E-state index contributed by atoms with van der Waals surface area (Å²) in [6, 6.07) is 6.81. The van der Waals surface area contributed by atoms with Gasteiger partial charge in [-0.1, -0.05) is 12.1 Å². The second-order valence-corrected chi connectivity index (χ2v) is 3.84. The van der Waals surface area contributed by atoms with E-state index in [1.54, 1.807) is 30.6 Å². The molecule has 1 aromatic heterocycles. The number of aromatic hydroxyl groups is 1. The minimum atomic E-state index is -0.0970. The fourth-order valence-corrected chi connectivity index (χ4v) is 1.43. The molecule has 2 N–H and O–H groups in total. The van der Waals surface area contributed by atoms with Crippen molar-refractivity contribution in [1.29, 1.82) is 0 Å². The van der Waals surface area contributed by atoms with E-state index in [-0.39, 0.29) is 12.0 Å². The smallest absolute Gasteiger partial charge is 0.159 e. The molecule has 1 unspecified atom stereocenters. The molecular formula is C13H15N3O2. The highest BCUT2D eigenvalue weighted by molar-refractivity contribution is 5.57. The minimum Gasteiger partial charge on any atom is -0.508 e. The van der Waals surface area contributed by atoms with Crippen LogP contribution in [0.2, 0.25) is 0 Å². The maximum Gasteiger partial charge on any atom is 0.159 e. The topological polar surface area (TPSA) is 67.3 Å². The lowest BCUT2D eigenvalue weighted by atomic mass is 10.2. The molecule has 0 saturated heterocycles. The molecule has 94 valence electrons. The van der Waals surface area contributed by atoms with E-state index in [9.17, 15) is 5.11 Å². The van der Waals surface area contributed by atoms with Gasteiger partial charge >= 0.3 is 0 Å². The summed E-state index contributed by atoms with van der Waals surface area (Å²) in [4.78, 5) is 8.40. The van der Waals surface area contributed by atoms with Crippen molar-refractivity contribution in [3.05, 3.63) is 36.7 Å². The van der Waals surface area contributed by atoms with Crippen molar-refractivity contribution in [3.63, 3.8) is 0 Å². The van der Waals surface area contributed by atoms with Crippen LogP contribution in [0.15, 0.2) is 36.7 Å². The molecule has 0 fully saturated rings. The van der Waals surface area contributed by atoms with E-state index in [0.29, 0.717) is 11.6 Å². The Kier molecular flexibility index (Phi) is 3.74. The average molecular weight is 245 g/mol. The van der Waals surface area contributed by atoms with Crippen LogP contribution in [-0.2, 0) is 0 Å². The fourth-order valence-electron chi connectivity index (χ4n) is 1.43. The number of phenolic OH excluding ortho intramolecular Hbond substituents is 1. The number of rotatable bonds is 4. The first-order chi connectivity index (χ1) is 8.69. The first kappa shape index (κ1) is 12.3. The van der Waals surface area contributed by atoms with Gasteiger partial charge in [0.25, 0.3) is 0 Å². The molecule has 0 amide bonds.